The molecular formula is C12H14ClNO3. The zero-order chi connectivity index (χ0) is 12.7. The van der Waals surface area contributed by atoms with Gasteiger partial charge in [0.15, 0.2) is 6.61 Å². The summed E-state index contributed by atoms with van der Waals surface area (Å²) in [6.45, 7) is 0.174. The maximum absolute atomic E-state index is 10.4. The van der Waals surface area contributed by atoms with Gasteiger partial charge in [0.2, 0.25) is 0 Å². The van der Waals surface area contributed by atoms with Crippen LogP contribution < -0.4 is 10.5 Å². The summed E-state index contributed by atoms with van der Waals surface area (Å²) in [7, 11) is 0. The van der Waals surface area contributed by atoms with E-state index in [0.29, 0.717) is 17.3 Å². The first-order valence-corrected chi connectivity index (χ1v) is 5.52. The summed E-state index contributed by atoms with van der Waals surface area (Å²) in [4.78, 5) is 10.4. The van der Waals surface area contributed by atoms with Crippen molar-refractivity contribution in [1.82, 2.24) is 0 Å². The van der Waals surface area contributed by atoms with Gasteiger partial charge in [0.25, 0.3) is 0 Å². The van der Waals surface area contributed by atoms with Crippen LogP contribution in [0.3, 0.4) is 0 Å². The van der Waals surface area contributed by atoms with Crippen LogP contribution in [0.4, 0.5) is 0 Å². The van der Waals surface area contributed by atoms with Gasteiger partial charge >= 0.3 is 5.97 Å². The predicted octanol–water partition coefficient (Wildman–Crippen LogP) is 2.17. The maximum Gasteiger partial charge on any atom is 0.341 e. The van der Waals surface area contributed by atoms with Crippen LogP contribution in [0.2, 0.25) is 5.02 Å². The van der Waals surface area contributed by atoms with E-state index in [1.54, 1.807) is 18.2 Å². The number of ether oxygens (including phenoxy) is 1. The van der Waals surface area contributed by atoms with Crippen molar-refractivity contribution < 1.29 is 14.6 Å². The van der Waals surface area contributed by atoms with Crippen molar-refractivity contribution in [2.45, 2.75) is 6.42 Å². The Hall–Kier alpha value is -1.52. The first-order valence-electron chi connectivity index (χ1n) is 5.14. The molecule has 3 N–H and O–H groups in total. The molecule has 0 heterocycles. The van der Waals surface area contributed by atoms with E-state index in [-0.39, 0.29) is 0 Å². The number of carboxylic acids is 1. The van der Waals surface area contributed by atoms with Crippen molar-refractivity contribution in [2.24, 2.45) is 5.73 Å². The molecule has 1 aromatic rings. The predicted molar refractivity (Wildman–Crippen MR) is 67.3 cm³/mol. The number of hydrogen-bond donors (Lipinski definition) is 2. The van der Waals surface area contributed by atoms with Gasteiger partial charge in [-0.3, -0.25) is 0 Å². The Morgan fingerprint density at radius 3 is 2.94 bits per heavy atom. The molecule has 0 unspecified atom stereocenters. The number of hydrogen-bond acceptors (Lipinski definition) is 3. The molecule has 0 saturated carbocycles. The molecule has 0 radical (unpaired) electrons. The number of carbonyl (C=O) groups is 1. The van der Waals surface area contributed by atoms with Crippen LogP contribution in [-0.2, 0) is 4.79 Å². The molecule has 17 heavy (non-hydrogen) atoms. The molecule has 4 nitrogen and oxygen atoms in total. The molecule has 0 saturated heterocycles. The molecule has 92 valence electrons. The molecule has 0 aliphatic carbocycles. The number of nitrogens with two attached hydrogens (primary N) is 1. The largest absolute Gasteiger partial charge is 0.481 e. The van der Waals surface area contributed by atoms with Gasteiger partial charge < -0.3 is 15.6 Å². The third kappa shape index (κ3) is 4.89. The molecule has 0 amide bonds. The van der Waals surface area contributed by atoms with Crippen LogP contribution in [0.5, 0.6) is 5.75 Å². The summed E-state index contributed by atoms with van der Waals surface area (Å²) in [6.07, 6.45) is 4.48. The monoisotopic (exact) mass is 255 g/mol. The number of carboxylic acid groups (broad SMARTS) is 1. The van der Waals surface area contributed by atoms with E-state index >= 15 is 0 Å². The summed E-state index contributed by atoms with van der Waals surface area (Å²) in [6, 6.07) is 5.08. The lowest BCUT2D eigenvalue weighted by molar-refractivity contribution is -0.139. The van der Waals surface area contributed by atoms with Crippen LogP contribution in [0, 0.1) is 0 Å². The Labute approximate surface area is 105 Å². The van der Waals surface area contributed by atoms with Crippen molar-refractivity contribution in [3.63, 3.8) is 0 Å². The Balaban J connectivity index is 2.83. The molecule has 0 atom stereocenters. The number of aliphatic carboxylic acids is 1. The molecule has 0 spiro atoms. The summed E-state index contributed by atoms with van der Waals surface area (Å²) in [5, 5.41) is 9.06. The maximum atomic E-state index is 10.4. The Bertz CT molecular complexity index is 418. The SMILES string of the molecule is NCCC=Cc1ccc(Cl)cc1OCC(=O)O. The number of halogens is 1. The molecule has 5 heteroatoms. The third-order valence-corrected chi connectivity index (χ3v) is 2.19. The second-order valence-corrected chi connectivity index (χ2v) is 3.78. The normalized spacial score (nSPS) is 10.7. The average Bonchev–Trinajstić information content (AvgIpc) is 2.29. The van der Waals surface area contributed by atoms with Gasteiger partial charge in [0, 0.05) is 10.6 Å². The highest BCUT2D eigenvalue weighted by Gasteiger charge is 2.04. The Morgan fingerprint density at radius 2 is 2.29 bits per heavy atom. The fourth-order valence-corrected chi connectivity index (χ4v) is 1.38. The zero-order valence-corrected chi connectivity index (χ0v) is 9.98. The quantitative estimate of drug-likeness (QED) is 0.817. The van der Waals surface area contributed by atoms with E-state index in [2.05, 4.69) is 0 Å². The van der Waals surface area contributed by atoms with Gasteiger partial charge in [0.05, 0.1) is 0 Å². The lowest BCUT2D eigenvalue weighted by Gasteiger charge is -2.07. The van der Waals surface area contributed by atoms with Crippen LogP contribution in [0.1, 0.15) is 12.0 Å². The molecular weight excluding hydrogens is 242 g/mol. The lowest BCUT2D eigenvalue weighted by atomic mass is 10.1. The van der Waals surface area contributed by atoms with Gasteiger partial charge in [-0.2, -0.15) is 0 Å². The molecule has 0 aromatic heterocycles. The Morgan fingerprint density at radius 1 is 1.53 bits per heavy atom. The summed E-state index contributed by atoms with van der Waals surface area (Å²) >= 11 is 5.82. The van der Waals surface area contributed by atoms with E-state index < -0.39 is 12.6 Å². The summed E-state index contributed by atoms with van der Waals surface area (Å²) in [5.74, 6) is -0.574. The zero-order valence-electron chi connectivity index (χ0n) is 9.23. The standard InChI is InChI=1S/C12H14ClNO3/c13-10-5-4-9(3-1-2-6-14)11(7-10)17-8-12(15)16/h1,3-5,7H,2,6,8,14H2,(H,15,16). The van der Waals surface area contributed by atoms with Crippen LogP contribution in [-0.4, -0.2) is 24.2 Å². The van der Waals surface area contributed by atoms with Crippen molar-refractivity contribution in [3.05, 3.63) is 34.9 Å². The smallest absolute Gasteiger partial charge is 0.341 e. The number of benzene rings is 1. The van der Waals surface area contributed by atoms with Gasteiger partial charge in [-0.25, -0.2) is 4.79 Å². The first-order chi connectivity index (χ1) is 8.13. The Kier molecular flexibility index (Phi) is 5.52. The molecule has 0 aliphatic heterocycles. The molecule has 0 aliphatic rings. The number of rotatable bonds is 6. The highest BCUT2D eigenvalue weighted by molar-refractivity contribution is 6.30. The van der Waals surface area contributed by atoms with Crippen molar-refractivity contribution in [2.75, 3.05) is 13.2 Å². The minimum atomic E-state index is -1.03. The summed E-state index contributed by atoms with van der Waals surface area (Å²) in [5.41, 5.74) is 6.15. The van der Waals surface area contributed by atoms with E-state index in [9.17, 15) is 4.79 Å². The second kappa shape index (κ2) is 6.93. The van der Waals surface area contributed by atoms with Gasteiger partial charge in [-0.05, 0) is 31.2 Å². The van der Waals surface area contributed by atoms with Gasteiger partial charge in [-0.1, -0.05) is 23.8 Å². The first kappa shape index (κ1) is 13.5. The van der Waals surface area contributed by atoms with Crippen LogP contribution in [0.25, 0.3) is 6.08 Å². The highest BCUT2D eigenvalue weighted by atomic mass is 35.5. The molecule has 0 bridgehead atoms. The van der Waals surface area contributed by atoms with Crippen molar-refractivity contribution in [3.8, 4) is 5.75 Å². The fourth-order valence-electron chi connectivity index (χ4n) is 1.22. The minimum Gasteiger partial charge on any atom is -0.481 e. The third-order valence-electron chi connectivity index (χ3n) is 1.96. The van der Waals surface area contributed by atoms with Gasteiger partial charge in [0.1, 0.15) is 5.75 Å². The highest BCUT2D eigenvalue weighted by Crippen LogP contribution is 2.24. The van der Waals surface area contributed by atoms with Gasteiger partial charge in [-0.15, -0.1) is 0 Å². The van der Waals surface area contributed by atoms with E-state index in [1.807, 2.05) is 12.2 Å². The molecule has 0 fully saturated rings. The topological polar surface area (TPSA) is 72.5 Å². The van der Waals surface area contributed by atoms with E-state index in [1.165, 1.54) is 0 Å². The van der Waals surface area contributed by atoms with Crippen LogP contribution >= 0.6 is 11.6 Å². The minimum absolute atomic E-state index is 0.391. The fraction of sp³-hybridized carbons (Fsp3) is 0.250. The van der Waals surface area contributed by atoms with E-state index in [0.717, 1.165) is 12.0 Å². The van der Waals surface area contributed by atoms with Crippen molar-refractivity contribution in [1.29, 1.82) is 0 Å². The molecule has 1 rings (SSSR count). The van der Waals surface area contributed by atoms with Crippen molar-refractivity contribution >= 4 is 23.6 Å². The van der Waals surface area contributed by atoms with Crippen LogP contribution in [0.15, 0.2) is 24.3 Å². The lowest BCUT2D eigenvalue weighted by Crippen LogP contribution is -2.10. The average molecular weight is 256 g/mol. The summed E-state index contributed by atoms with van der Waals surface area (Å²) < 4.78 is 5.14. The molecule has 1 aromatic carbocycles. The second-order valence-electron chi connectivity index (χ2n) is 3.34. The van der Waals surface area contributed by atoms with E-state index in [4.69, 9.17) is 27.2 Å².